The fraction of sp³-hybridized carbons (Fsp3) is 0.714. The molecule has 1 aromatic rings. The minimum absolute atomic E-state index is 0.222. The van der Waals surface area contributed by atoms with Crippen molar-refractivity contribution in [3.05, 3.63) is 20.4 Å². The van der Waals surface area contributed by atoms with Crippen molar-refractivity contribution in [2.45, 2.75) is 41.0 Å². The van der Waals surface area contributed by atoms with E-state index in [4.69, 9.17) is 0 Å². The largest absolute Gasteiger partial charge is 0.380 e. The van der Waals surface area contributed by atoms with E-state index in [2.05, 4.69) is 26.1 Å². The third-order valence-electron chi connectivity index (χ3n) is 3.14. The molecule has 0 aliphatic rings. The highest BCUT2D eigenvalue weighted by Crippen LogP contribution is 2.22. The topological polar surface area (TPSA) is 49.4 Å². The predicted molar refractivity (Wildman–Crippen MR) is 77.5 cm³/mol. The van der Waals surface area contributed by atoms with Gasteiger partial charge in [0.25, 0.3) is 10.9 Å². The van der Waals surface area contributed by atoms with Crippen molar-refractivity contribution in [3.63, 3.8) is 0 Å². The van der Waals surface area contributed by atoms with Crippen molar-refractivity contribution in [1.29, 1.82) is 0 Å². The molecule has 0 saturated carbocycles. The number of anilines is 2. The van der Waals surface area contributed by atoms with Gasteiger partial charge in [0.15, 0.2) is 0 Å². The molecule has 0 radical (unpaired) electrons. The Bertz CT molecular complexity index is 461. The van der Waals surface area contributed by atoms with Crippen LogP contribution in [0.4, 0.5) is 11.4 Å². The van der Waals surface area contributed by atoms with Crippen molar-refractivity contribution in [3.8, 4) is 0 Å². The van der Waals surface area contributed by atoms with Crippen LogP contribution in [-0.4, -0.2) is 19.6 Å². The number of rotatable bonds is 6. The lowest BCUT2D eigenvalue weighted by Gasteiger charge is -2.26. The average Bonchev–Trinajstić information content (AvgIpc) is 2.30. The van der Waals surface area contributed by atoms with Gasteiger partial charge in [-0.15, -0.1) is 0 Å². The fourth-order valence-electron chi connectivity index (χ4n) is 1.95. The first-order valence-corrected chi connectivity index (χ1v) is 6.64. The maximum absolute atomic E-state index is 11.6. The summed E-state index contributed by atoms with van der Waals surface area (Å²) in [4.78, 5) is 25.1. The monoisotopic (exact) mass is 252 g/mol. The van der Waals surface area contributed by atoms with Crippen LogP contribution in [0.25, 0.3) is 0 Å². The highest BCUT2D eigenvalue weighted by atomic mass is 16.2. The van der Waals surface area contributed by atoms with E-state index < -0.39 is 0 Å². The Morgan fingerprint density at radius 1 is 1.06 bits per heavy atom. The summed E-state index contributed by atoms with van der Waals surface area (Å²) in [5.74, 6) is 0. The molecule has 0 atom stereocenters. The molecule has 1 aromatic carbocycles. The quantitative estimate of drug-likeness (QED) is 0.786. The van der Waals surface area contributed by atoms with E-state index in [0.717, 1.165) is 26.1 Å². The third kappa shape index (κ3) is 3.12. The van der Waals surface area contributed by atoms with Gasteiger partial charge in [0.2, 0.25) is 0 Å². The molecule has 0 aliphatic heterocycles. The molecule has 0 aliphatic carbocycles. The minimum atomic E-state index is -0.370. The fourth-order valence-corrected chi connectivity index (χ4v) is 1.95. The SMILES string of the molecule is CCN(CC)c1c(NCCC(C)(C)C)c(=O)c1=O. The first-order valence-electron chi connectivity index (χ1n) is 6.64. The van der Waals surface area contributed by atoms with Crippen LogP contribution in [0.1, 0.15) is 41.0 Å². The van der Waals surface area contributed by atoms with Gasteiger partial charge in [0.1, 0.15) is 11.4 Å². The van der Waals surface area contributed by atoms with Crippen molar-refractivity contribution in [2.75, 3.05) is 29.9 Å². The Kier molecular flexibility index (Phi) is 4.54. The summed E-state index contributed by atoms with van der Waals surface area (Å²) in [6.07, 6.45) is 0.962. The second-order valence-corrected chi connectivity index (χ2v) is 5.79. The Hall–Kier alpha value is -1.32. The normalized spacial score (nSPS) is 11.8. The minimum Gasteiger partial charge on any atom is -0.380 e. The summed E-state index contributed by atoms with van der Waals surface area (Å²) in [6, 6.07) is 0. The lowest BCUT2D eigenvalue weighted by atomic mass is 9.92. The van der Waals surface area contributed by atoms with Gasteiger partial charge >= 0.3 is 0 Å². The van der Waals surface area contributed by atoms with Crippen molar-refractivity contribution >= 4 is 11.4 Å². The first-order chi connectivity index (χ1) is 8.31. The second-order valence-electron chi connectivity index (χ2n) is 5.79. The smallest absolute Gasteiger partial charge is 0.253 e. The van der Waals surface area contributed by atoms with Gasteiger partial charge in [-0.05, 0) is 25.7 Å². The maximum Gasteiger partial charge on any atom is 0.253 e. The van der Waals surface area contributed by atoms with Gasteiger partial charge in [-0.1, -0.05) is 20.8 Å². The standard InChI is InChI=1S/C14H24N2O2/c1-6-16(7-2)11-10(12(17)13(11)18)15-9-8-14(3,4)5/h15H,6-9H2,1-5H3. The van der Waals surface area contributed by atoms with Gasteiger partial charge in [-0.3, -0.25) is 9.59 Å². The molecule has 102 valence electrons. The molecule has 0 unspecified atom stereocenters. The van der Waals surface area contributed by atoms with E-state index in [1.807, 2.05) is 18.7 Å². The molecule has 1 rings (SSSR count). The zero-order valence-electron chi connectivity index (χ0n) is 12.1. The van der Waals surface area contributed by atoms with Gasteiger partial charge < -0.3 is 10.2 Å². The van der Waals surface area contributed by atoms with Crippen molar-refractivity contribution in [1.82, 2.24) is 0 Å². The molecule has 0 spiro atoms. The van der Waals surface area contributed by atoms with E-state index in [9.17, 15) is 9.59 Å². The van der Waals surface area contributed by atoms with Crippen LogP contribution in [0.2, 0.25) is 0 Å². The number of hydrogen-bond acceptors (Lipinski definition) is 4. The van der Waals surface area contributed by atoms with Crippen LogP contribution >= 0.6 is 0 Å². The van der Waals surface area contributed by atoms with E-state index in [-0.39, 0.29) is 16.3 Å². The third-order valence-corrected chi connectivity index (χ3v) is 3.14. The molecule has 0 saturated heterocycles. The Labute approximate surface area is 109 Å². The first kappa shape index (κ1) is 14.7. The molecular weight excluding hydrogens is 228 g/mol. The number of nitrogens with zero attached hydrogens (tertiary/aromatic N) is 1. The lowest BCUT2D eigenvalue weighted by Crippen LogP contribution is -2.42. The molecule has 18 heavy (non-hydrogen) atoms. The van der Waals surface area contributed by atoms with Crippen molar-refractivity contribution < 1.29 is 0 Å². The number of hydrogen-bond donors (Lipinski definition) is 1. The van der Waals surface area contributed by atoms with Crippen LogP contribution in [0.5, 0.6) is 0 Å². The average molecular weight is 252 g/mol. The summed E-state index contributed by atoms with van der Waals surface area (Å²) in [5.41, 5.74) is 0.578. The highest BCUT2D eigenvalue weighted by molar-refractivity contribution is 5.75. The van der Waals surface area contributed by atoms with Crippen LogP contribution in [-0.2, 0) is 0 Å². The molecule has 4 nitrogen and oxygen atoms in total. The summed E-state index contributed by atoms with van der Waals surface area (Å²) in [5, 5.41) is 3.12. The van der Waals surface area contributed by atoms with Crippen LogP contribution in [0, 0.1) is 5.41 Å². The molecular formula is C14H24N2O2. The Morgan fingerprint density at radius 3 is 2.06 bits per heavy atom. The zero-order valence-corrected chi connectivity index (χ0v) is 12.1. The highest BCUT2D eigenvalue weighted by Gasteiger charge is 2.24. The van der Waals surface area contributed by atoms with E-state index in [1.54, 1.807) is 0 Å². The lowest BCUT2D eigenvalue weighted by molar-refractivity contribution is 0.389. The van der Waals surface area contributed by atoms with Gasteiger partial charge in [-0.2, -0.15) is 0 Å². The predicted octanol–water partition coefficient (Wildman–Crippen LogP) is 1.98. The molecule has 0 heterocycles. The summed E-state index contributed by atoms with van der Waals surface area (Å²) in [6.45, 7) is 12.7. The van der Waals surface area contributed by atoms with Crippen LogP contribution in [0.15, 0.2) is 9.59 Å². The van der Waals surface area contributed by atoms with Gasteiger partial charge in [0, 0.05) is 19.6 Å². The summed E-state index contributed by atoms with van der Waals surface area (Å²) < 4.78 is 0. The van der Waals surface area contributed by atoms with Gasteiger partial charge in [-0.25, -0.2) is 0 Å². The Morgan fingerprint density at radius 2 is 1.61 bits per heavy atom. The molecule has 0 fully saturated rings. The maximum atomic E-state index is 11.6. The van der Waals surface area contributed by atoms with Crippen molar-refractivity contribution in [2.24, 2.45) is 5.41 Å². The Balaban J connectivity index is 2.76. The molecule has 1 N–H and O–H groups in total. The second kappa shape index (κ2) is 5.55. The van der Waals surface area contributed by atoms with E-state index in [0.29, 0.717) is 11.4 Å². The summed E-state index contributed by atoms with van der Waals surface area (Å²) >= 11 is 0. The molecule has 0 aromatic heterocycles. The zero-order chi connectivity index (χ0) is 13.9. The summed E-state index contributed by atoms with van der Waals surface area (Å²) in [7, 11) is 0. The van der Waals surface area contributed by atoms with E-state index >= 15 is 0 Å². The molecule has 0 amide bonds. The molecule has 0 bridgehead atoms. The molecule has 4 heteroatoms. The van der Waals surface area contributed by atoms with Crippen LogP contribution in [0.3, 0.4) is 0 Å². The van der Waals surface area contributed by atoms with Crippen LogP contribution < -0.4 is 21.1 Å². The number of nitrogens with one attached hydrogen (secondary N) is 1. The van der Waals surface area contributed by atoms with E-state index in [1.165, 1.54) is 0 Å². The van der Waals surface area contributed by atoms with Gasteiger partial charge in [0.05, 0.1) is 0 Å².